The Balaban J connectivity index is 1.37. The number of carbonyl (C=O) groups excluding carboxylic acids is 1. The van der Waals surface area contributed by atoms with E-state index in [2.05, 4.69) is 15.5 Å². The molecule has 6 heteroatoms. The summed E-state index contributed by atoms with van der Waals surface area (Å²) in [5, 5.41) is 12.6. The van der Waals surface area contributed by atoms with Crippen molar-refractivity contribution in [2.75, 3.05) is 5.32 Å². The lowest BCUT2D eigenvalue weighted by Gasteiger charge is -2.08. The average molecular weight is 345 g/mol. The molecule has 6 nitrogen and oxygen atoms in total. The second-order valence-electron chi connectivity index (χ2n) is 6.13. The molecule has 0 bridgehead atoms. The van der Waals surface area contributed by atoms with E-state index < -0.39 is 0 Å². The Hall–Kier alpha value is -3.41. The number of carbonyl (C=O) groups is 1. The molecule has 0 fully saturated rings. The number of rotatable bonds is 6. The summed E-state index contributed by atoms with van der Waals surface area (Å²) in [5.74, 6) is -0.0270. The summed E-state index contributed by atoms with van der Waals surface area (Å²) in [7, 11) is 0. The van der Waals surface area contributed by atoms with Crippen molar-refractivity contribution in [2.24, 2.45) is 0 Å². The molecule has 26 heavy (non-hydrogen) atoms. The number of nitrogens with zero attached hydrogens (tertiary/aromatic N) is 4. The molecule has 0 saturated carbocycles. The zero-order valence-electron chi connectivity index (χ0n) is 14.2. The van der Waals surface area contributed by atoms with E-state index >= 15 is 0 Å². The van der Waals surface area contributed by atoms with E-state index in [9.17, 15) is 4.79 Å². The second kappa shape index (κ2) is 7.23. The molecule has 1 N–H and O–H groups in total. The molecular weight excluding hydrogens is 326 g/mol. The molecular formula is C20H19N5O. The third-order valence-electron chi connectivity index (χ3n) is 4.22. The topological polar surface area (TPSA) is 64.7 Å². The monoisotopic (exact) mass is 345 g/mol. The summed E-state index contributed by atoms with van der Waals surface area (Å²) in [6.07, 6.45) is 5.87. The van der Waals surface area contributed by atoms with Gasteiger partial charge in [-0.15, -0.1) is 0 Å². The fraction of sp³-hybridized carbons (Fsp3) is 0.150. The highest BCUT2D eigenvalue weighted by atomic mass is 16.1. The Morgan fingerprint density at radius 2 is 1.96 bits per heavy atom. The van der Waals surface area contributed by atoms with Gasteiger partial charge in [-0.1, -0.05) is 30.3 Å². The van der Waals surface area contributed by atoms with Gasteiger partial charge in [-0.2, -0.15) is 10.2 Å². The van der Waals surface area contributed by atoms with Crippen LogP contribution >= 0.6 is 0 Å². The SMILES string of the molecule is O=C(CCn1ncc2ccccc21)Nc1cccc(Cn2cccn2)c1. The van der Waals surface area contributed by atoms with E-state index in [0.717, 1.165) is 22.2 Å². The molecule has 4 aromatic rings. The molecule has 130 valence electrons. The summed E-state index contributed by atoms with van der Waals surface area (Å²) < 4.78 is 3.72. The van der Waals surface area contributed by atoms with Crippen molar-refractivity contribution in [3.8, 4) is 0 Å². The van der Waals surface area contributed by atoms with Crippen molar-refractivity contribution < 1.29 is 4.79 Å². The number of hydrogen-bond donors (Lipinski definition) is 1. The van der Waals surface area contributed by atoms with Gasteiger partial charge in [0.05, 0.1) is 24.8 Å². The van der Waals surface area contributed by atoms with Gasteiger partial charge in [0, 0.05) is 29.9 Å². The van der Waals surface area contributed by atoms with Crippen LogP contribution in [0.1, 0.15) is 12.0 Å². The molecule has 0 radical (unpaired) electrons. The van der Waals surface area contributed by atoms with Crippen molar-refractivity contribution in [1.82, 2.24) is 19.6 Å². The summed E-state index contributed by atoms with van der Waals surface area (Å²) in [6.45, 7) is 1.22. The predicted molar refractivity (Wildman–Crippen MR) is 101 cm³/mol. The zero-order valence-corrected chi connectivity index (χ0v) is 14.2. The first-order valence-electron chi connectivity index (χ1n) is 8.55. The van der Waals surface area contributed by atoms with Crippen molar-refractivity contribution in [3.05, 3.63) is 78.8 Å². The number of para-hydroxylation sites is 1. The van der Waals surface area contributed by atoms with Crippen LogP contribution in [0.5, 0.6) is 0 Å². The van der Waals surface area contributed by atoms with Crippen LogP contribution in [-0.2, 0) is 17.9 Å². The third-order valence-corrected chi connectivity index (χ3v) is 4.22. The number of hydrogen-bond acceptors (Lipinski definition) is 3. The largest absolute Gasteiger partial charge is 0.326 e. The highest BCUT2D eigenvalue weighted by Crippen LogP contribution is 2.14. The molecule has 0 atom stereocenters. The predicted octanol–water partition coefficient (Wildman–Crippen LogP) is 3.31. The smallest absolute Gasteiger partial charge is 0.226 e. The Morgan fingerprint density at radius 1 is 1.04 bits per heavy atom. The van der Waals surface area contributed by atoms with Crippen LogP contribution in [0.4, 0.5) is 5.69 Å². The van der Waals surface area contributed by atoms with Crippen LogP contribution in [0.25, 0.3) is 10.9 Å². The molecule has 0 saturated heterocycles. The first-order chi connectivity index (χ1) is 12.8. The maximum atomic E-state index is 12.3. The summed E-state index contributed by atoms with van der Waals surface area (Å²) in [6, 6.07) is 17.7. The van der Waals surface area contributed by atoms with E-state index in [1.807, 2.05) is 76.4 Å². The van der Waals surface area contributed by atoms with Gasteiger partial charge >= 0.3 is 0 Å². The number of anilines is 1. The highest BCUT2D eigenvalue weighted by Gasteiger charge is 2.07. The number of nitrogens with one attached hydrogen (secondary N) is 1. The minimum absolute atomic E-state index is 0.0270. The van der Waals surface area contributed by atoms with Crippen LogP contribution in [0.3, 0.4) is 0 Å². The summed E-state index contributed by atoms with van der Waals surface area (Å²) in [4.78, 5) is 12.3. The van der Waals surface area contributed by atoms with Gasteiger partial charge in [0.15, 0.2) is 0 Å². The second-order valence-corrected chi connectivity index (χ2v) is 6.13. The van der Waals surface area contributed by atoms with Crippen LogP contribution in [-0.4, -0.2) is 25.5 Å². The van der Waals surface area contributed by atoms with E-state index in [1.54, 1.807) is 6.20 Å². The van der Waals surface area contributed by atoms with Crippen LogP contribution in [0.15, 0.2) is 73.2 Å². The standard InChI is InChI=1S/C20H19N5O/c26-20(9-12-25-19-8-2-1-6-17(19)14-22-25)23-18-7-3-5-16(13-18)15-24-11-4-10-21-24/h1-8,10-11,13-14H,9,12,15H2,(H,23,26). The van der Waals surface area contributed by atoms with Crippen molar-refractivity contribution in [2.45, 2.75) is 19.5 Å². The molecule has 0 aliphatic carbocycles. The van der Waals surface area contributed by atoms with Gasteiger partial charge in [-0.3, -0.25) is 14.2 Å². The van der Waals surface area contributed by atoms with Crippen LogP contribution in [0.2, 0.25) is 0 Å². The lowest BCUT2D eigenvalue weighted by Crippen LogP contribution is -2.15. The molecule has 0 unspecified atom stereocenters. The van der Waals surface area contributed by atoms with E-state index in [-0.39, 0.29) is 5.91 Å². The fourth-order valence-electron chi connectivity index (χ4n) is 2.96. The molecule has 4 rings (SSSR count). The van der Waals surface area contributed by atoms with E-state index in [0.29, 0.717) is 19.5 Å². The molecule has 1 amide bonds. The molecule has 0 aliphatic rings. The Kier molecular flexibility index (Phi) is 4.47. The van der Waals surface area contributed by atoms with Crippen molar-refractivity contribution in [3.63, 3.8) is 0 Å². The summed E-state index contributed by atoms with van der Waals surface area (Å²) in [5.41, 5.74) is 2.93. The van der Waals surface area contributed by atoms with Crippen LogP contribution < -0.4 is 5.32 Å². The third kappa shape index (κ3) is 3.64. The average Bonchev–Trinajstić information content (AvgIpc) is 3.30. The summed E-state index contributed by atoms with van der Waals surface area (Å²) >= 11 is 0. The lowest BCUT2D eigenvalue weighted by molar-refractivity contribution is -0.116. The molecule has 0 aliphatic heterocycles. The normalized spacial score (nSPS) is 10.9. The number of fused-ring (bicyclic) bond motifs is 1. The van der Waals surface area contributed by atoms with Gasteiger partial charge in [0.2, 0.25) is 5.91 Å². The molecule has 2 aromatic heterocycles. The van der Waals surface area contributed by atoms with Gasteiger partial charge in [0.1, 0.15) is 0 Å². The minimum Gasteiger partial charge on any atom is -0.326 e. The molecule has 2 heterocycles. The first-order valence-corrected chi connectivity index (χ1v) is 8.55. The Bertz CT molecular complexity index is 1020. The molecule has 0 spiro atoms. The fourth-order valence-corrected chi connectivity index (χ4v) is 2.96. The molecule has 2 aromatic carbocycles. The van der Waals surface area contributed by atoms with Gasteiger partial charge in [-0.25, -0.2) is 0 Å². The number of aryl methyl sites for hydroxylation is 1. The highest BCUT2D eigenvalue weighted by molar-refractivity contribution is 5.90. The minimum atomic E-state index is -0.0270. The first kappa shape index (κ1) is 16.1. The lowest BCUT2D eigenvalue weighted by atomic mass is 10.2. The van der Waals surface area contributed by atoms with Crippen molar-refractivity contribution in [1.29, 1.82) is 0 Å². The van der Waals surface area contributed by atoms with Gasteiger partial charge in [-0.05, 0) is 29.8 Å². The zero-order chi connectivity index (χ0) is 17.8. The Morgan fingerprint density at radius 3 is 2.85 bits per heavy atom. The van der Waals surface area contributed by atoms with E-state index in [1.165, 1.54) is 0 Å². The van der Waals surface area contributed by atoms with Crippen molar-refractivity contribution >= 4 is 22.5 Å². The Labute approximate surface area is 151 Å². The number of benzene rings is 2. The quantitative estimate of drug-likeness (QED) is 0.583. The number of amides is 1. The van der Waals surface area contributed by atoms with Gasteiger partial charge < -0.3 is 5.32 Å². The maximum Gasteiger partial charge on any atom is 0.226 e. The maximum absolute atomic E-state index is 12.3. The number of aromatic nitrogens is 4. The van der Waals surface area contributed by atoms with Crippen LogP contribution in [0, 0.1) is 0 Å². The van der Waals surface area contributed by atoms with E-state index in [4.69, 9.17) is 0 Å². The van der Waals surface area contributed by atoms with Gasteiger partial charge in [0.25, 0.3) is 0 Å².